The molecule has 0 radical (unpaired) electrons. The van der Waals surface area contributed by atoms with E-state index in [0.717, 1.165) is 11.6 Å². The molecule has 2 aromatic carbocycles. The number of hydrogen-bond donors (Lipinski definition) is 0. The van der Waals surface area contributed by atoms with Gasteiger partial charge in [0.05, 0.1) is 12.7 Å². The molecular weight excluding hydrogens is 369 g/mol. The minimum absolute atomic E-state index is 0.0583. The quantitative estimate of drug-likeness (QED) is 0.789. The molecule has 0 atom stereocenters. The largest absolute Gasteiger partial charge is 0.496 e. The number of hydrogen-bond acceptors (Lipinski definition) is 3. The van der Waals surface area contributed by atoms with Crippen LogP contribution in [0.5, 0.6) is 5.75 Å². The summed E-state index contributed by atoms with van der Waals surface area (Å²) in [5, 5.41) is 0. The minimum atomic E-state index is -4.34. The second-order valence-electron chi connectivity index (χ2n) is 6.95. The van der Waals surface area contributed by atoms with E-state index < -0.39 is 11.7 Å². The molecule has 1 aliphatic rings. The molecule has 7 heteroatoms. The Bertz CT molecular complexity index is 844. The Labute approximate surface area is 162 Å². The molecule has 1 amide bonds. The predicted molar refractivity (Wildman–Crippen MR) is 100 cm³/mol. The molecule has 0 spiro atoms. The van der Waals surface area contributed by atoms with Crippen LogP contribution in [0.3, 0.4) is 0 Å². The number of nitrogens with zero attached hydrogens (tertiary/aromatic N) is 2. The highest BCUT2D eigenvalue weighted by molar-refractivity contribution is 5.94. The average molecular weight is 392 g/mol. The zero-order valence-corrected chi connectivity index (χ0v) is 15.9. The van der Waals surface area contributed by atoms with Gasteiger partial charge >= 0.3 is 6.18 Å². The number of carbonyl (C=O) groups is 1. The molecule has 2 aromatic rings. The topological polar surface area (TPSA) is 32.8 Å². The van der Waals surface area contributed by atoms with E-state index in [9.17, 15) is 18.0 Å². The van der Waals surface area contributed by atoms with Crippen LogP contribution in [-0.4, -0.2) is 49.0 Å². The van der Waals surface area contributed by atoms with Crippen LogP contribution in [0.25, 0.3) is 0 Å². The number of aryl methyl sites for hydroxylation is 1. The average Bonchev–Trinajstić information content (AvgIpc) is 2.68. The normalized spacial score (nSPS) is 15.5. The highest BCUT2D eigenvalue weighted by Gasteiger charge is 2.30. The summed E-state index contributed by atoms with van der Waals surface area (Å²) in [6.07, 6.45) is -4.34. The Morgan fingerprint density at radius 1 is 1.07 bits per heavy atom. The molecule has 0 aromatic heterocycles. The number of alkyl halides is 3. The van der Waals surface area contributed by atoms with Gasteiger partial charge in [0.2, 0.25) is 0 Å². The van der Waals surface area contributed by atoms with E-state index >= 15 is 0 Å². The molecule has 3 rings (SSSR count). The first-order valence-electron chi connectivity index (χ1n) is 9.10. The maximum atomic E-state index is 12.9. The fraction of sp³-hybridized carbons (Fsp3) is 0.381. The Balaban J connectivity index is 1.59. The van der Waals surface area contributed by atoms with E-state index in [2.05, 4.69) is 4.90 Å². The van der Waals surface area contributed by atoms with E-state index in [-0.39, 0.29) is 5.91 Å². The van der Waals surface area contributed by atoms with Gasteiger partial charge in [-0.05, 0) is 36.2 Å². The molecule has 1 saturated heterocycles. The summed E-state index contributed by atoms with van der Waals surface area (Å²) >= 11 is 0. The summed E-state index contributed by atoms with van der Waals surface area (Å²) in [5.74, 6) is 0.617. The predicted octanol–water partition coefficient (Wildman–Crippen LogP) is 3.98. The van der Waals surface area contributed by atoms with Crippen LogP contribution in [0.2, 0.25) is 0 Å². The van der Waals surface area contributed by atoms with Gasteiger partial charge in [-0.25, -0.2) is 0 Å². The number of ether oxygens (including phenoxy) is 1. The fourth-order valence-electron chi connectivity index (χ4n) is 3.35. The molecule has 1 heterocycles. The Morgan fingerprint density at radius 2 is 1.79 bits per heavy atom. The maximum Gasteiger partial charge on any atom is 0.416 e. The van der Waals surface area contributed by atoms with Crippen LogP contribution < -0.4 is 4.74 Å². The summed E-state index contributed by atoms with van der Waals surface area (Å²) < 4.78 is 43.9. The van der Waals surface area contributed by atoms with E-state index in [1.54, 1.807) is 30.2 Å². The molecule has 1 aliphatic heterocycles. The van der Waals surface area contributed by atoms with Crippen molar-refractivity contribution >= 4 is 5.91 Å². The first-order valence-corrected chi connectivity index (χ1v) is 9.10. The van der Waals surface area contributed by atoms with Crippen molar-refractivity contribution in [3.8, 4) is 5.75 Å². The van der Waals surface area contributed by atoms with Gasteiger partial charge in [-0.1, -0.05) is 24.3 Å². The van der Waals surface area contributed by atoms with E-state index in [0.29, 0.717) is 49.6 Å². The smallest absolute Gasteiger partial charge is 0.416 e. The first kappa shape index (κ1) is 20.2. The van der Waals surface area contributed by atoms with Crippen molar-refractivity contribution in [3.05, 3.63) is 64.7 Å². The summed E-state index contributed by atoms with van der Waals surface area (Å²) in [6, 6.07) is 10.8. The Kier molecular flexibility index (Phi) is 5.93. The van der Waals surface area contributed by atoms with Gasteiger partial charge in [-0.15, -0.1) is 0 Å². The highest BCUT2D eigenvalue weighted by Crippen LogP contribution is 2.30. The maximum absolute atomic E-state index is 12.9. The lowest BCUT2D eigenvalue weighted by molar-refractivity contribution is -0.137. The van der Waals surface area contributed by atoms with Crippen molar-refractivity contribution in [2.75, 3.05) is 33.3 Å². The lowest BCUT2D eigenvalue weighted by Crippen LogP contribution is -2.48. The Morgan fingerprint density at radius 3 is 2.43 bits per heavy atom. The summed E-state index contributed by atoms with van der Waals surface area (Å²) in [7, 11) is 1.57. The van der Waals surface area contributed by atoms with E-state index in [4.69, 9.17) is 4.74 Å². The van der Waals surface area contributed by atoms with Gasteiger partial charge in [0, 0.05) is 38.3 Å². The van der Waals surface area contributed by atoms with Crippen LogP contribution in [0.1, 0.15) is 27.0 Å². The number of halogens is 3. The van der Waals surface area contributed by atoms with Gasteiger partial charge in [-0.3, -0.25) is 9.69 Å². The second kappa shape index (κ2) is 8.22. The molecule has 0 saturated carbocycles. The van der Waals surface area contributed by atoms with Crippen molar-refractivity contribution in [1.82, 2.24) is 9.80 Å². The van der Waals surface area contributed by atoms with Gasteiger partial charge in [0.1, 0.15) is 5.75 Å². The van der Waals surface area contributed by atoms with E-state index in [1.165, 1.54) is 12.1 Å². The van der Waals surface area contributed by atoms with Crippen LogP contribution in [0, 0.1) is 6.92 Å². The summed E-state index contributed by atoms with van der Waals surface area (Å²) in [4.78, 5) is 16.6. The molecule has 0 bridgehead atoms. The molecule has 0 aliphatic carbocycles. The third-order valence-electron chi connectivity index (χ3n) is 4.98. The SMILES string of the molecule is COc1cc(C(=O)N2CCN(Cc3cccc(C(F)(F)F)c3)CC2)ccc1C. The standard InChI is InChI=1S/C21H23F3N2O2/c1-15-6-7-17(13-19(15)28-2)20(27)26-10-8-25(9-11-26)14-16-4-3-5-18(12-16)21(22,23)24/h3-7,12-13H,8-11,14H2,1-2H3. The van der Waals surface area contributed by atoms with Crippen molar-refractivity contribution in [1.29, 1.82) is 0 Å². The second-order valence-corrected chi connectivity index (χ2v) is 6.95. The zero-order chi connectivity index (χ0) is 20.3. The number of carbonyl (C=O) groups excluding carboxylic acids is 1. The zero-order valence-electron chi connectivity index (χ0n) is 15.9. The summed E-state index contributed by atoms with van der Waals surface area (Å²) in [6.45, 7) is 4.65. The molecule has 4 nitrogen and oxygen atoms in total. The molecule has 1 fully saturated rings. The fourth-order valence-corrected chi connectivity index (χ4v) is 3.35. The van der Waals surface area contributed by atoms with Crippen molar-refractivity contribution in [2.24, 2.45) is 0 Å². The van der Waals surface area contributed by atoms with Crippen LogP contribution in [-0.2, 0) is 12.7 Å². The molecule has 150 valence electrons. The Hall–Kier alpha value is -2.54. The number of piperazine rings is 1. The van der Waals surface area contributed by atoms with Crippen LogP contribution >= 0.6 is 0 Å². The van der Waals surface area contributed by atoms with Gasteiger partial charge in [-0.2, -0.15) is 13.2 Å². The van der Waals surface area contributed by atoms with Crippen LogP contribution in [0.4, 0.5) is 13.2 Å². The molecule has 0 N–H and O–H groups in total. The van der Waals surface area contributed by atoms with Crippen molar-refractivity contribution in [2.45, 2.75) is 19.6 Å². The number of benzene rings is 2. The molecular formula is C21H23F3N2O2. The molecule has 0 unspecified atom stereocenters. The van der Waals surface area contributed by atoms with E-state index in [1.807, 2.05) is 13.0 Å². The first-order chi connectivity index (χ1) is 13.3. The lowest BCUT2D eigenvalue weighted by atomic mass is 10.1. The van der Waals surface area contributed by atoms with Crippen molar-refractivity contribution in [3.63, 3.8) is 0 Å². The monoisotopic (exact) mass is 392 g/mol. The van der Waals surface area contributed by atoms with Gasteiger partial charge < -0.3 is 9.64 Å². The minimum Gasteiger partial charge on any atom is -0.496 e. The highest BCUT2D eigenvalue weighted by atomic mass is 19.4. The summed E-state index contributed by atoms with van der Waals surface area (Å²) in [5.41, 5.74) is 1.53. The van der Waals surface area contributed by atoms with Crippen molar-refractivity contribution < 1.29 is 22.7 Å². The third kappa shape index (κ3) is 4.65. The van der Waals surface area contributed by atoms with Gasteiger partial charge in [0.15, 0.2) is 0 Å². The van der Waals surface area contributed by atoms with Crippen LogP contribution in [0.15, 0.2) is 42.5 Å². The lowest BCUT2D eigenvalue weighted by Gasteiger charge is -2.35. The number of methoxy groups -OCH3 is 1. The third-order valence-corrected chi connectivity index (χ3v) is 4.98. The van der Waals surface area contributed by atoms with Gasteiger partial charge in [0.25, 0.3) is 5.91 Å². The number of rotatable bonds is 4. The number of amides is 1. The molecule has 28 heavy (non-hydrogen) atoms.